The average molecular weight is 288 g/mol. The number of benzene rings is 2. The lowest BCUT2D eigenvalue weighted by atomic mass is 10.1. The number of aliphatic hydroxyl groups excluding tert-OH is 1. The van der Waals surface area contributed by atoms with E-state index in [1.54, 1.807) is 37.4 Å². The Labute approximate surface area is 122 Å². The maximum absolute atomic E-state index is 10.8. The molecule has 0 heterocycles. The lowest BCUT2D eigenvalue weighted by Crippen LogP contribution is -2.02. The first kappa shape index (κ1) is 14.8. The third-order valence-corrected chi connectivity index (χ3v) is 3.07. The number of aliphatic hydroxyl groups is 1. The first-order valence-corrected chi connectivity index (χ1v) is 6.41. The standard InChI is InChI=1S/C15H16N2O4/c1-16-15-7-4-13(17(19)20)8-12(15)10-21-14-5-2-11(9-18)3-6-14/h2-8,16,18H,9-10H2,1H3. The van der Waals surface area contributed by atoms with Crippen molar-refractivity contribution in [2.45, 2.75) is 13.2 Å². The highest BCUT2D eigenvalue weighted by atomic mass is 16.6. The van der Waals surface area contributed by atoms with Crippen LogP contribution >= 0.6 is 0 Å². The van der Waals surface area contributed by atoms with Crippen LogP contribution in [0.3, 0.4) is 0 Å². The number of hydrogen-bond donors (Lipinski definition) is 2. The number of rotatable bonds is 6. The van der Waals surface area contributed by atoms with Gasteiger partial charge in [-0.2, -0.15) is 0 Å². The molecule has 6 nitrogen and oxygen atoms in total. The summed E-state index contributed by atoms with van der Waals surface area (Å²) in [5, 5.41) is 22.8. The van der Waals surface area contributed by atoms with Crippen LogP contribution in [0.2, 0.25) is 0 Å². The van der Waals surface area contributed by atoms with E-state index in [0.29, 0.717) is 11.3 Å². The summed E-state index contributed by atoms with van der Waals surface area (Å²) in [6, 6.07) is 11.6. The van der Waals surface area contributed by atoms with E-state index in [0.717, 1.165) is 11.3 Å². The minimum Gasteiger partial charge on any atom is -0.489 e. The van der Waals surface area contributed by atoms with Gasteiger partial charge in [-0.3, -0.25) is 10.1 Å². The fourth-order valence-electron chi connectivity index (χ4n) is 1.91. The Morgan fingerprint density at radius 3 is 2.52 bits per heavy atom. The van der Waals surface area contributed by atoms with Crippen molar-refractivity contribution in [3.63, 3.8) is 0 Å². The lowest BCUT2D eigenvalue weighted by Gasteiger charge is -2.11. The number of non-ortho nitro benzene ring substituents is 1. The number of nitrogens with one attached hydrogen (secondary N) is 1. The molecule has 2 aromatic rings. The van der Waals surface area contributed by atoms with Gasteiger partial charge < -0.3 is 15.2 Å². The first-order chi connectivity index (χ1) is 10.1. The number of nitro benzene ring substituents is 1. The van der Waals surface area contributed by atoms with E-state index in [1.165, 1.54) is 12.1 Å². The van der Waals surface area contributed by atoms with Crippen LogP contribution in [-0.2, 0) is 13.2 Å². The normalized spacial score (nSPS) is 10.2. The first-order valence-electron chi connectivity index (χ1n) is 6.41. The van der Waals surface area contributed by atoms with Gasteiger partial charge in [-0.1, -0.05) is 12.1 Å². The molecule has 0 amide bonds. The molecule has 2 aromatic carbocycles. The highest BCUT2D eigenvalue weighted by molar-refractivity contribution is 5.55. The summed E-state index contributed by atoms with van der Waals surface area (Å²) in [6.07, 6.45) is 0. The van der Waals surface area contributed by atoms with Crippen LogP contribution in [0, 0.1) is 10.1 Å². The van der Waals surface area contributed by atoms with Crippen molar-refractivity contribution in [2.75, 3.05) is 12.4 Å². The van der Waals surface area contributed by atoms with Crippen molar-refractivity contribution >= 4 is 11.4 Å². The molecule has 0 unspecified atom stereocenters. The second-order valence-corrected chi connectivity index (χ2v) is 4.44. The van der Waals surface area contributed by atoms with Crippen molar-refractivity contribution in [2.24, 2.45) is 0 Å². The molecule has 0 radical (unpaired) electrons. The Hall–Kier alpha value is -2.60. The van der Waals surface area contributed by atoms with E-state index in [4.69, 9.17) is 9.84 Å². The summed E-state index contributed by atoms with van der Waals surface area (Å²) in [6.45, 7) is 0.200. The molecular weight excluding hydrogens is 272 g/mol. The van der Waals surface area contributed by atoms with Crippen molar-refractivity contribution in [1.82, 2.24) is 0 Å². The average Bonchev–Trinajstić information content (AvgIpc) is 2.53. The van der Waals surface area contributed by atoms with Crippen molar-refractivity contribution in [1.29, 1.82) is 0 Å². The highest BCUT2D eigenvalue weighted by Gasteiger charge is 2.10. The number of ether oxygens (including phenoxy) is 1. The topological polar surface area (TPSA) is 84.6 Å². The number of hydrogen-bond acceptors (Lipinski definition) is 5. The predicted octanol–water partition coefficient (Wildman–Crippen LogP) is 2.71. The zero-order chi connectivity index (χ0) is 15.2. The van der Waals surface area contributed by atoms with E-state index in [2.05, 4.69) is 5.32 Å². The van der Waals surface area contributed by atoms with Gasteiger partial charge in [-0.15, -0.1) is 0 Å². The molecule has 21 heavy (non-hydrogen) atoms. The monoisotopic (exact) mass is 288 g/mol. The van der Waals surface area contributed by atoms with Gasteiger partial charge in [0.1, 0.15) is 12.4 Å². The molecule has 2 rings (SSSR count). The van der Waals surface area contributed by atoms with Crippen LogP contribution < -0.4 is 10.1 Å². The molecule has 0 aliphatic rings. The van der Waals surface area contributed by atoms with Gasteiger partial charge in [0.2, 0.25) is 0 Å². The Bertz CT molecular complexity index is 626. The molecule has 0 spiro atoms. The Balaban J connectivity index is 2.13. The minimum absolute atomic E-state index is 0.0188. The fraction of sp³-hybridized carbons (Fsp3) is 0.200. The van der Waals surface area contributed by atoms with Crippen LogP contribution in [0.25, 0.3) is 0 Å². The maximum Gasteiger partial charge on any atom is 0.269 e. The molecule has 0 bridgehead atoms. The van der Waals surface area contributed by atoms with E-state index >= 15 is 0 Å². The van der Waals surface area contributed by atoms with Gasteiger partial charge in [0.05, 0.1) is 11.5 Å². The van der Waals surface area contributed by atoms with Gasteiger partial charge in [-0.05, 0) is 23.8 Å². The highest BCUT2D eigenvalue weighted by Crippen LogP contribution is 2.23. The van der Waals surface area contributed by atoms with Gasteiger partial charge in [0.15, 0.2) is 0 Å². The van der Waals surface area contributed by atoms with E-state index < -0.39 is 4.92 Å². The summed E-state index contributed by atoms with van der Waals surface area (Å²) in [5.74, 6) is 0.640. The van der Waals surface area contributed by atoms with Gasteiger partial charge in [0, 0.05) is 30.4 Å². The van der Waals surface area contributed by atoms with Crippen molar-refractivity contribution in [3.8, 4) is 5.75 Å². The summed E-state index contributed by atoms with van der Waals surface area (Å²) in [5.41, 5.74) is 2.32. The van der Waals surface area contributed by atoms with Crippen LogP contribution in [0.5, 0.6) is 5.75 Å². The zero-order valence-electron chi connectivity index (χ0n) is 11.6. The van der Waals surface area contributed by atoms with Crippen molar-refractivity contribution < 1.29 is 14.8 Å². The summed E-state index contributed by atoms with van der Waals surface area (Å²) < 4.78 is 5.62. The van der Waals surface area contributed by atoms with Gasteiger partial charge in [0.25, 0.3) is 5.69 Å². The third kappa shape index (κ3) is 3.70. The predicted molar refractivity (Wildman–Crippen MR) is 79.3 cm³/mol. The Kier molecular flexibility index (Phi) is 4.73. The van der Waals surface area contributed by atoms with Crippen LogP contribution in [0.1, 0.15) is 11.1 Å². The Morgan fingerprint density at radius 1 is 1.24 bits per heavy atom. The number of nitrogens with zero attached hydrogens (tertiary/aromatic N) is 1. The molecule has 2 N–H and O–H groups in total. The quantitative estimate of drug-likeness (QED) is 0.630. The molecule has 0 aromatic heterocycles. The molecule has 6 heteroatoms. The molecule has 0 saturated heterocycles. The maximum atomic E-state index is 10.8. The van der Waals surface area contributed by atoms with Crippen LogP contribution in [0.4, 0.5) is 11.4 Å². The van der Waals surface area contributed by atoms with Crippen LogP contribution in [-0.4, -0.2) is 17.1 Å². The minimum atomic E-state index is -0.432. The van der Waals surface area contributed by atoms with E-state index in [-0.39, 0.29) is 18.9 Å². The second-order valence-electron chi connectivity index (χ2n) is 4.44. The molecule has 0 fully saturated rings. The van der Waals surface area contributed by atoms with Gasteiger partial charge in [-0.25, -0.2) is 0 Å². The summed E-state index contributed by atoms with van der Waals surface area (Å²) in [7, 11) is 1.75. The van der Waals surface area contributed by atoms with Crippen LogP contribution in [0.15, 0.2) is 42.5 Å². The van der Waals surface area contributed by atoms with Crippen molar-refractivity contribution in [3.05, 3.63) is 63.7 Å². The number of anilines is 1. The lowest BCUT2D eigenvalue weighted by molar-refractivity contribution is -0.384. The molecule has 0 aliphatic carbocycles. The summed E-state index contributed by atoms with van der Waals surface area (Å²) >= 11 is 0. The second kappa shape index (κ2) is 6.71. The largest absolute Gasteiger partial charge is 0.489 e. The molecule has 0 saturated carbocycles. The fourth-order valence-corrected chi connectivity index (χ4v) is 1.91. The Morgan fingerprint density at radius 2 is 1.95 bits per heavy atom. The molecule has 0 aliphatic heterocycles. The molecular formula is C15H16N2O4. The molecule has 110 valence electrons. The summed E-state index contributed by atoms with van der Waals surface area (Å²) in [4.78, 5) is 10.4. The third-order valence-electron chi connectivity index (χ3n) is 3.07. The van der Waals surface area contributed by atoms with Gasteiger partial charge >= 0.3 is 0 Å². The SMILES string of the molecule is CNc1ccc([N+](=O)[O-])cc1COc1ccc(CO)cc1. The molecule has 0 atom stereocenters. The zero-order valence-corrected chi connectivity index (χ0v) is 11.6. The number of nitro groups is 1. The van der Waals surface area contributed by atoms with E-state index in [9.17, 15) is 10.1 Å². The van der Waals surface area contributed by atoms with E-state index in [1.807, 2.05) is 0 Å². The smallest absolute Gasteiger partial charge is 0.269 e.